The van der Waals surface area contributed by atoms with Gasteiger partial charge in [-0.15, -0.1) is 0 Å². The van der Waals surface area contributed by atoms with Gasteiger partial charge in [-0.25, -0.2) is 0 Å². The number of phenols is 3. The van der Waals surface area contributed by atoms with Crippen LogP contribution >= 0.6 is 0 Å². The van der Waals surface area contributed by atoms with Gasteiger partial charge in [0.15, 0.2) is 23.0 Å². The number of ether oxygens (including phenoxy) is 1. The molecule has 40 heavy (non-hydrogen) atoms. The number of fused-ring (bicyclic) bond motifs is 2. The molecule has 3 aliphatic heterocycles. The summed E-state index contributed by atoms with van der Waals surface area (Å²) < 4.78 is 6.77. The van der Waals surface area contributed by atoms with Gasteiger partial charge in [0.25, 0.3) is 0 Å². The molecule has 3 heterocycles. The molecule has 3 aliphatic carbocycles. The third-order valence-corrected chi connectivity index (χ3v) is 11.4. The molecular weight excluding hydrogens is 500 g/mol. The first kappa shape index (κ1) is 23.2. The van der Waals surface area contributed by atoms with Crippen LogP contribution in [-0.2, 0) is 24.7 Å². The van der Waals surface area contributed by atoms with Gasteiger partial charge in [-0.2, -0.15) is 0 Å². The Labute approximate surface area is 234 Å². The van der Waals surface area contributed by atoms with Crippen LogP contribution < -0.4 is 4.74 Å². The summed E-state index contributed by atoms with van der Waals surface area (Å²) >= 11 is 0. The Hall–Kier alpha value is -3.48. The molecule has 6 aliphatic rings. The van der Waals surface area contributed by atoms with E-state index < -0.39 is 0 Å². The molecule has 0 radical (unpaired) electrons. The van der Waals surface area contributed by atoms with Gasteiger partial charge >= 0.3 is 0 Å². The predicted molar refractivity (Wildman–Crippen MR) is 152 cm³/mol. The second-order valence-electron chi connectivity index (χ2n) is 13.0. The Kier molecular flexibility index (Phi) is 4.43. The minimum absolute atomic E-state index is 0.0236. The molecule has 6 nitrogen and oxygen atoms in total. The molecule has 0 amide bonds. The molecule has 3 aromatic rings. The molecule has 2 bridgehead atoms. The van der Waals surface area contributed by atoms with Gasteiger partial charge < -0.3 is 25.0 Å². The van der Waals surface area contributed by atoms with Gasteiger partial charge in [-0.05, 0) is 80.2 Å². The van der Waals surface area contributed by atoms with Crippen molar-refractivity contribution < 1.29 is 20.1 Å². The maximum Gasteiger partial charge on any atom is 0.166 e. The van der Waals surface area contributed by atoms with Crippen molar-refractivity contribution in [3.8, 4) is 34.1 Å². The average Bonchev–Trinajstić information content (AvgIpc) is 3.31. The maximum absolute atomic E-state index is 11.7. The highest BCUT2D eigenvalue weighted by atomic mass is 16.5. The summed E-state index contributed by atoms with van der Waals surface area (Å²) in [6, 6.07) is 13.0. The van der Waals surface area contributed by atoms with Crippen LogP contribution in [0.4, 0.5) is 0 Å². The van der Waals surface area contributed by atoms with E-state index in [0.717, 1.165) is 61.0 Å². The fourth-order valence-corrected chi connectivity index (χ4v) is 9.56. The van der Waals surface area contributed by atoms with E-state index in [1.165, 1.54) is 22.3 Å². The lowest BCUT2D eigenvalue weighted by atomic mass is 9.51. The van der Waals surface area contributed by atoms with Crippen LogP contribution in [0.5, 0.6) is 23.0 Å². The van der Waals surface area contributed by atoms with Crippen molar-refractivity contribution >= 4 is 0 Å². The zero-order valence-electron chi connectivity index (χ0n) is 22.9. The van der Waals surface area contributed by atoms with E-state index in [4.69, 9.17) is 4.74 Å². The highest BCUT2D eigenvalue weighted by Gasteiger charge is 2.64. The molecule has 0 aromatic heterocycles. The lowest BCUT2D eigenvalue weighted by Gasteiger charge is -2.57. The van der Waals surface area contributed by atoms with E-state index in [0.29, 0.717) is 11.8 Å². The number of hydrogen-bond donors (Lipinski definition) is 3. The van der Waals surface area contributed by atoms with Gasteiger partial charge in [0.1, 0.15) is 6.10 Å². The van der Waals surface area contributed by atoms with E-state index in [9.17, 15) is 15.3 Å². The molecule has 6 heteroatoms. The number of phenolic OH excluding ortho intramolecular Hbond substituents is 3. The SMILES string of the molecule is CN1CCc2cccc3c2[C@H]1Cc1cc([C@@H]2C=C[C@H]4[C@H]5Cc6ccc(O)c7c6[C@@]4(CCN5C)[C@@H]2O7)c(O)c(O)c1-3. The molecule has 204 valence electrons. The number of hydrogen-bond acceptors (Lipinski definition) is 6. The second kappa shape index (κ2) is 7.62. The number of rotatable bonds is 1. The van der Waals surface area contributed by atoms with Gasteiger partial charge in [0.05, 0.1) is 0 Å². The molecular formula is C34H34N2O4. The molecule has 6 atom stereocenters. The van der Waals surface area contributed by atoms with Crippen LogP contribution in [0.1, 0.15) is 51.8 Å². The summed E-state index contributed by atoms with van der Waals surface area (Å²) in [4.78, 5) is 4.89. The predicted octanol–water partition coefficient (Wildman–Crippen LogP) is 4.78. The van der Waals surface area contributed by atoms with Crippen LogP contribution in [-0.4, -0.2) is 64.5 Å². The number of benzene rings is 3. The maximum atomic E-state index is 11.7. The van der Waals surface area contributed by atoms with Gasteiger partial charge in [-0.3, -0.25) is 4.90 Å². The highest BCUT2D eigenvalue weighted by molar-refractivity contribution is 5.83. The third kappa shape index (κ3) is 2.63. The number of nitrogens with zero attached hydrogens (tertiary/aromatic N) is 2. The van der Waals surface area contributed by atoms with Crippen LogP contribution in [0, 0.1) is 5.92 Å². The molecule has 3 N–H and O–H groups in total. The Morgan fingerprint density at radius 3 is 2.65 bits per heavy atom. The fraction of sp³-hybridized carbons (Fsp3) is 0.412. The Balaban J connectivity index is 1.24. The lowest BCUT2D eigenvalue weighted by Crippen LogP contribution is -2.63. The van der Waals surface area contributed by atoms with Crippen molar-refractivity contribution in [3.63, 3.8) is 0 Å². The first-order valence-electron chi connectivity index (χ1n) is 14.7. The van der Waals surface area contributed by atoms with Crippen LogP contribution in [0.3, 0.4) is 0 Å². The average molecular weight is 535 g/mol. The fourth-order valence-electron chi connectivity index (χ4n) is 9.56. The van der Waals surface area contributed by atoms with E-state index in [1.54, 1.807) is 6.07 Å². The number of aromatic hydroxyl groups is 3. The van der Waals surface area contributed by atoms with Crippen molar-refractivity contribution in [1.29, 1.82) is 0 Å². The quantitative estimate of drug-likeness (QED) is 0.308. The van der Waals surface area contributed by atoms with Crippen LogP contribution in [0.15, 0.2) is 48.6 Å². The van der Waals surface area contributed by atoms with Gasteiger partial charge in [-0.1, -0.05) is 42.5 Å². The summed E-state index contributed by atoms with van der Waals surface area (Å²) in [5.74, 6) is 0.778. The summed E-state index contributed by atoms with van der Waals surface area (Å²) in [6.07, 6.45) is 7.96. The minimum atomic E-state index is -0.263. The summed E-state index contributed by atoms with van der Waals surface area (Å²) in [7, 11) is 4.40. The molecule has 1 spiro atoms. The van der Waals surface area contributed by atoms with Crippen LogP contribution in [0.2, 0.25) is 0 Å². The zero-order valence-corrected chi connectivity index (χ0v) is 22.9. The normalized spacial score (nSPS) is 32.7. The number of likely N-dealkylation sites (N-methyl/N-ethyl adjacent to an activating group) is 2. The first-order valence-corrected chi connectivity index (χ1v) is 14.7. The lowest BCUT2D eigenvalue weighted by molar-refractivity contribution is -0.00563. The monoisotopic (exact) mass is 534 g/mol. The van der Waals surface area contributed by atoms with E-state index in [2.05, 4.69) is 66.4 Å². The number of likely N-dealkylation sites (tertiary alicyclic amines) is 1. The smallest absolute Gasteiger partial charge is 0.166 e. The number of piperidine rings is 1. The van der Waals surface area contributed by atoms with Crippen LogP contribution in [0.25, 0.3) is 11.1 Å². The van der Waals surface area contributed by atoms with E-state index in [1.807, 2.05) is 0 Å². The largest absolute Gasteiger partial charge is 0.504 e. The summed E-state index contributed by atoms with van der Waals surface area (Å²) in [5.41, 5.74) is 8.42. The molecule has 0 saturated carbocycles. The third-order valence-electron chi connectivity index (χ3n) is 11.4. The van der Waals surface area contributed by atoms with Gasteiger partial charge in [0, 0.05) is 52.6 Å². The van der Waals surface area contributed by atoms with Gasteiger partial charge in [0.2, 0.25) is 0 Å². The second-order valence-corrected chi connectivity index (χ2v) is 13.0. The first-order chi connectivity index (χ1) is 19.4. The molecule has 1 fully saturated rings. The molecule has 3 aromatic carbocycles. The zero-order chi connectivity index (χ0) is 27.1. The van der Waals surface area contributed by atoms with Crippen molar-refractivity contribution in [2.45, 2.75) is 55.2 Å². The standard InChI is InChI=1S/C34H34N2O4/c1-35-12-10-17-4-3-5-21-27(17)25(35)16-19-14-22(30(38)31(39)28(19)21)20-7-8-23-24-15-18-6-9-26(37)32-29(18)34(23,33(20)40-32)11-13-36(24)2/h3-9,14,20,23-25,33,37-39H,10-13,15-16H2,1-2H3/t20-,23-,24+,25+,33+,34-/m0/s1. The summed E-state index contributed by atoms with van der Waals surface area (Å²) in [6.45, 7) is 1.98. The topological polar surface area (TPSA) is 76.4 Å². The van der Waals surface area contributed by atoms with Crippen molar-refractivity contribution in [2.24, 2.45) is 5.92 Å². The Morgan fingerprint density at radius 1 is 0.900 bits per heavy atom. The Bertz CT molecular complexity index is 1660. The minimum Gasteiger partial charge on any atom is -0.504 e. The molecule has 9 rings (SSSR count). The summed E-state index contributed by atoms with van der Waals surface area (Å²) in [5, 5.41) is 34.2. The highest BCUT2D eigenvalue weighted by Crippen LogP contribution is 2.65. The van der Waals surface area contributed by atoms with Crippen molar-refractivity contribution in [2.75, 3.05) is 27.2 Å². The molecule has 1 saturated heterocycles. The van der Waals surface area contributed by atoms with E-state index in [-0.39, 0.29) is 46.6 Å². The van der Waals surface area contributed by atoms with Crippen molar-refractivity contribution in [3.05, 3.63) is 81.9 Å². The van der Waals surface area contributed by atoms with Crippen molar-refractivity contribution in [1.82, 2.24) is 9.80 Å². The van der Waals surface area contributed by atoms with E-state index >= 15 is 0 Å². The molecule has 0 unspecified atom stereocenters. The Morgan fingerprint density at radius 2 is 1.77 bits per heavy atom.